The van der Waals surface area contributed by atoms with E-state index in [4.69, 9.17) is 23.8 Å². The van der Waals surface area contributed by atoms with Crippen LogP contribution in [0.15, 0.2) is 40.9 Å². The lowest BCUT2D eigenvalue weighted by atomic mass is 10.2. The first-order valence-electron chi connectivity index (χ1n) is 5.73. The largest absolute Gasteiger partial charge is 0.330 e. The van der Waals surface area contributed by atoms with Gasteiger partial charge in [-0.2, -0.15) is 0 Å². The van der Waals surface area contributed by atoms with Crippen LogP contribution in [-0.4, -0.2) is 9.55 Å². The standard InChI is InChI=1S/C14H10BrClN2S/c1-8-2-4-10(15)12(6-8)18-13-7-9(16)3-5-11(13)17-14(18)19/h2-7H,1H3,(H,17,19). The Hall–Kier alpha value is -1.10. The van der Waals surface area contributed by atoms with Crippen LogP contribution in [0.2, 0.25) is 5.02 Å². The van der Waals surface area contributed by atoms with Crippen LogP contribution in [0.1, 0.15) is 5.56 Å². The molecule has 19 heavy (non-hydrogen) atoms. The van der Waals surface area contributed by atoms with E-state index in [1.165, 1.54) is 5.56 Å². The molecule has 0 bridgehead atoms. The highest BCUT2D eigenvalue weighted by atomic mass is 79.9. The molecule has 0 aliphatic carbocycles. The predicted molar refractivity (Wildman–Crippen MR) is 85.9 cm³/mol. The molecule has 1 aromatic heterocycles. The molecule has 3 rings (SSSR count). The Bertz CT molecular complexity index is 835. The molecule has 0 aliphatic heterocycles. The van der Waals surface area contributed by atoms with Gasteiger partial charge in [0.15, 0.2) is 4.77 Å². The van der Waals surface area contributed by atoms with Crippen molar-refractivity contribution < 1.29 is 0 Å². The molecule has 0 radical (unpaired) electrons. The smallest absolute Gasteiger partial charge is 0.182 e. The molecule has 2 aromatic carbocycles. The molecule has 0 saturated carbocycles. The normalized spacial score (nSPS) is 11.1. The van der Waals surface area contributed by atoms with Gasteiger partial charge in [-0.1, -0.05) is 17.7 Å². The lowest BCUT2D eigenvalue weighted by molar-refractivity contribution is 1.05. The van der Waals surface area contributed by atoms with E-state index in [-0.39, 0.29) is 0 Å². The molecular formula is C14H10BrClN2S. The van der Waals surface area contributed by atoms with E-state index in [0.29, 0.717) is 9.79 Å². The molecule has 5 heteroatoms. The molecule has 0 unspecified atom stereocenters. The first-order chi connectivity index (χ1) is 9.06. The zero-order valence-corrected chi connectivity index (χ0v) is 13.2. The number of hydrogen-bond acceptors (Lipinski definition) is 1. The fourth-order valence-electron chi connectivity index (χ4n) is 2.11. The summed E-state index contributed by atoms with van der Waals surface area (Å²) in [5.74, 6) is 0. The van der Waals surface area contributed by atoms with Gasteiger partial charge in [0.1, 0.15) is 0 Å². The van der Waals surface area contributed by atoms with E-state index in [1.807, 2.05) is 28.8 Å². The third-order valence-electron chi connectivity index (χ3n) is 2.99. The lowest BCUT2D eigenvalue weighted by Gasteiger charge is -2.08. The molecule has 0 atom stereocenters. The van der Waals surface area contributed by atoms with Crippen LogP contribution in [0.5, 0.6) is 0 Å². The second kappa shape index (κ2) is 4.78. The molecule has 0 fully saturated rings. The molecule has 1 N–H and O–H groups in total. The van der Waals surface area contributed by atoms with Crippen molar-refractivity contribution in [1.82, 2.24) is 9.55 Å². The van der Waals surface area contributed by atoms with Gasteiger partial charge < -0.3 is 4.98 Å². The van der Waals surface area contributed by atoms with Gasteiger partial charge in [0, 0.05) is 9.50 Å². The number of nitrogens with zero attached hydrogens (tertiary/aromatic N) is 1. The van der Waals surface area contributed by atoms with E-state index in [1.54, 1.807) is 0 Å². The van der Waals surface area contributed by atoms with Crippen molar-refractivity contribution in [2.75, 3.05) is 0 Å². The number of imidazole rings is 1. The molecule has 1 heterocycles. The van der Waals surface area contributed by atoms with Crippen molar-refractivity contribution in [3.05, 3.63) is 56.2 Å². The topological polar surface area (TPSA) is 20.7 Å². The van der Waals surface area contributed by atoms with Gasteiger partial charge in [-0.25, -0.2) is 0 Å². The van der Waals surface area contributed by atoms with Crippen molar-refractivity contribution in [3.8, 4) is 5.69 Å². The first kappa shape index (κ1) is 12.9. The Morgan fingerprint density at radius 2 is 2.00 bits per heavy atom. The summed E-state index contributed by atoms with van der Waals surface area (Å²) in [6.45, 7) is 2.06. The Morgan fingerprint density at radius 3 is 2.79 bits per heavy atom. The number of H-pyrrole nitrogens is 1. The van der Waals surface area contributed by atoms with Crippen LogP contribution in [0.4, 0.5) is 0 Å². The summed E-state index contributed by atoms with van der Waals surface area (Å²) >= 11 is 15.1. The fraction of sp³-hybridized carbons (Fsp3) is 0.0714. The predicted octanol–water partition coefficient (Wildman–Crippen LogP) is 5.41. The van der Waals surface area contributed by atoms with Gasteiger partial charge in [0.05, 0.1) is 16.7 Å². The average molecular weight is 354 g/mol. The Kier molecular flexibility index (Phi) is 3.25. The summed E-state index contributed by atoms with van der Waals surface area (Å²) in [6, 6.07) is 11.9. The summed E-state index contributed by atoms with van der Waals surface area (Å²) in [5.41, 5.74) is 4.14. The second-order valence-corrected chi connectivity index (χ2v) is 6.06. The molecule has 2 nitrogen and oxygen atoms in total. The molecule has 96 valence electrons. The van der Waals surface area contributed by atoms with Crippen LogP contribution in [0, 0.1) is 11.7 Å². The lowest BCUT2D eigenvalue weighted by Crippen LogP contribution is -1.96. The van der Waals surface area contributed by atoms with Gasteiger partial charge in [0.25, 0.3) is 0 Å². The van der Waals surface area contributed by atoms with Crippen molar-refractivity contribution in [2.24, 2.45) is 0 Å². The number of aromatic amines is 1. The van der Waals surface area contributed by atoms with Gasteiger partial charge >= 0.3 is 0 Å². The maximum atomic E-state index is 6.09. The number of rotatable bonds is 1. The highest BCUT2D eigenvalue weighted by Gasteiger charge is 2.10. The number of halogens is 2. The van der Waals surface area contributed by atoms with Crippen LogP contribution in [-0.2, 0) is 0 Å². The number of benzene rings is 2. The third kappa shape index (κ3) is 2.24. The minimum Gasteiger partial charge on any atom is -0.330 e. The van der Waals surface area contributed by atoms with Crippen LogP contribution in [0.25, 0.3) is 16.7 Å². The molecule has 0 saturated heterocycles. The number of fused-ring (bicyclic) bond motifs is 1. The monoisotopic (exact) mass is 352 g/mol. The van der Waals surface area contributed by atoms with Crippen molar-refractivity contribution in [1.29, 1.82) is 0 Å². The summed E-state index contributed by atoms with van der Waals surface area (Å²) < 4.78 is 3.65. The Morgan fingerprint density at radius 1 is 1.21 bits per heavy atom. The highest BCUT2D eigenvalue weighted by Crippen LogP contribution is 2.28. The fourth-order valence-corrected chi connectivity index (χ4v) is 3.01. The van der Waals surface area contributed by atoms with E-state index < -0.39 is 0 Å². The van der Waals surface area contributed by atoms with Gasteiger partial charge in [-0.05, 0) is 71.0 Å². The first-order valence-corrected chi connectivity index (χ1v) is 7.31. The Balaban J connectivity index is 2.42. The van der Waals surface area contributed by atoms with Crippen molar-refractivity contribution >= 4 is 50.8 Å². The zero-order valence-electron chi connectivity index (χ0n) is 10.1. The van der Waals surface area contributed by atoms with Gasteiger partial charge in [-0.3, -0.25) is 4.57 Å². The summed E-state index contributed by atoms with van der Waals surface area (Å²) in [7, 11) is 0. The third-order valence-corrected chi connectivity index (χ3v) is 4.18. The van der Waals surface area contributed by atoms with E-state index in [2.05, 4.69) is 40.0 Å². The minimum atomic E-state index is 0.656. The van der Waals surface area contributed by atoms with E-state index in [9.17, 15) is 0 Å². The molecule has 0 amide bonds. The van der Waals surface area contributed by atoms with Gasteiger partial charge in [0.2, 0.25) is 0 Å². The molecule has 3 aromatic rings. The van der Waals surface area contributed by atoms with Crippen LogP contribution in [0.3, 0.4) is 0 Å². The second-order valence-electron chi connectivity index (χ2n) is 4.38. The minimum absolute atomic E-state index is 0.656. The number of nitrogens with one attached hydrogen (secondary N) is 1. The maximum Gasteiger partial charge on any atom is 0.182 e. The van der Waals surface area contributed by atoms with Crippen LogP contribution < -0.4 is 0 Å². The van der Waals surface area contributed by atoms with E-state index >= 15 is 0 Å². The average Bonchev–Trinajstić information content (AvgIpc) is 2.68. The summed E-state index contributed by atoms with van der Waals surface area (Å²) in [5, 5.41) is 0.694. The van der Waals surface area contributed by atoms with Crippen molar-refractivity contribution in [3.63, 3.8) is 0 Å². The quantitative estimate of drug-likeness (QED) is 0.580. The molecule has 0 aliphatic rings. The number of hydrogen-bond donors (Lipinski definition) is 1. The Labute approximate surface area is 129 Å². The molecule has 0 spiro atoms. The highest BCUT2D eigenvalue weighted by molar-refractivity contribution is 9.10. The van der Waals surface area contributed by atoms with Crippen molar-refractivity contribution in [2.45, 2.75) is 6.92 Å². The summed E-state index contributed by atoms with van der Waals surface area (Å²) in [6.07, 6.45) is 0. The summed E-state index contributed by atoms with van der Waals surface area (Å²) in [4.78, 5) is 3.20. The van der Waals surface area contributed by atoms with Crippen LogP contribution >= 0.6 is 39.7 Å². The van der Waals surface area contributed by atoms with E-state index in [0.717, 1.165) is 21.2 Å². The maximum absolute atomic E-state index is 6.09. The number of aromatic nitrogens is 2. The molecular weight excluding hydrogens is 344 g/mol. The van der Waals surface area contributed by atoms with Gasteiger partial charge in [-0.15, -0.1) is 0 Å². The SMILES string of the molecule is Cc1ccc(Br)c(-n2c(=S)[nH]c3ccc(Cl)cc32)c1. The number of aryl methyl sites for hydroxylation is 1. The zero-order chi connectivity index (χ0) is 13.6.